The Bertz CT molecular complexity index is 479. The first-order valence-electron chi connectivity index (χ1n) is 5.92. The zero-order valence-corrected chi connectivity index (χ0v) is 11.6. The predicted molar refractivity (Wildman–Crippen MR) is 72.5 cm³/mol. The molecule has 0 bridgehead atoms. The number of hydrogen-bond donors (Lipinski definition) is 1. The van der Waals surface area contributed by atoms with E-state index in [0.29, 0.717) is 0 Å². The maximum atomic E-state index is 5.60. The van der Waals surface area contributed by atoms with Crippen molar-refractivity contribution in [1.82, 2.24) is 5.32 Å². The van der Waals surface area contributed by atoms with Crippen molar-refractivity contribution in [3.8, 4) is 0 Å². The summed E-state index contributed by atoms with van der Waals surface area (Å²) in [6.45, 7) is 9.34. The van der Waals surface area contributed by atoms with E-state index in [-0.39, 0.29) is 6.04 Å². The fourth-order valence-electron chi connectivity index (χ4n) is 1.78. The average molecular weight is 249 g/mol. The fourth-order valence-corrected chi connectivity index (χ4v) is 2.78. The van der Waals surface area contributed by atoms with Crippen molar-refractivity contribution in [2.75, 3.05) is 0 Å². The largest absolute Gasteiger partial charge is 0.465 e. The molecule has 2 nitrogen and oxygen atoms in total. The lowest BCUT2D eigenvalue weighted by molar-refractivity contribution is 0.416. The van der Waals surface area contributed by atoms with Gasteiger partial charge in [-0.3, -0.25) is 0 Å². The Hall–Kier alpha value is -1.06. The maximum Gasteiger partial charge on any atom is 0.120 e. The summed E-state index contributed by atoms with van der Waals surface area (Å²) in [5.41, 5.74) is 1.38. The van der Waals surface area contributed by atoms with E-state index in [1.54, 1.807) is 0 Å². The molecule has 1 unspecified atom stereocenters. The Balaban J connectivity index is 1.94. The van der Waals surface area contributed by atoms with Crippen LogP contribution in [0.1, 0.15) is 39.8 Å². The average Bonchev–Trinajstić information content (AvgIpc) is 2.83. The molecule has 2 aromatic rings. The van der Waals surface area contributed by atoms with E-state index < -0.39 is 0 Å². The molecule has 1 atom stereocenters. The lowest BCUT2D eigenvalue weighted by atomic mass is 10.2. The van der Waals surface area contributed by atoms with Gasteiger partial charge in [0.2, 0.25) is 0 Å². The molecule has 0 aliphatic carbocycles. The van der Waals surface area contributed by atoms with Crippen LogP contribution in [0.4, 0.5) is 0 Å². The lowest BCUT2D eigenvalue weighted by Gasteiger charge is -2.10. The van der Waals surface area contributed by atoms with Crippen molar-refractivity contribution in [3.63, 3.8) is 0 Å². The van der Waals surface area contributed by atoms with Crippen molar-refractivity contribution in [3.05, 3.63) is 45.0 Å². The number of hydrogen-bond acceptors (Lipinski definition) is 3. The normalized spacial score (nSPS) is 12.9. The second-order valence-electron chi connectivity index (χ2n) is 4.50. The van der Waals surface area contributed by atoms with Crippen LogP contribution in [-0.2, 0) is 6.54 Å². The standard InChI is InChI=1S/C14H19NOS/c1-9-7-13(17-12(9)4)8-15-11(3)14-6-5-10(2)16-14/h5-7,11,15H,8H2,1-4H3. The fraction of sp³-hybridized carbons (Fsp3) is 0.429. The van der Waals surface area contributed by atoms with Gasteiger partial charge in [0, 0.05) is 16.3 Å². The van der Waals surface area contributed by atoms with E-state index in [0.717, 1.165) is 18.1 Å². The van der Waals surface area contributed by atoms with E-state index in [1.165, 1.54) is 15.3 Å². The molecule has 2 heterocycles. The summed E-state index contributed by atoms with van der Waals surface area (Å²) in [5.74, 6) is 1.98. The Morgan fingerprint density at radius 3 is 2.59 bits per heavy atom. The summed E-state index contributed by atoms with van der Waals surface area (Å²) in [7, 11) is 0. The third-order valence-electron chi connectivity index (χ3n) is 2.99. The summed E-state index contributed by atoms with van der Waals surface area (Å²) in [4.78, 5) is 2.79. The zero-order chi connectivity index (χ0) is 12.4. The van der Waals surface area contributed by atoms with Gasteiger partial charge in [-0.25, -0.2) is 0 Å². The molecular weight excluding hydrogens is 230 g/mol. The van der Waals surface area contributed by atoms with Crippen LogP contribution in [0.5, 0.6) is 0 Å². The molecule has 0 aliphatic rings. The Kier molecular flexibility index (Phi) is 3.69. The van der Waals surface area contributed by atoms with Crippen molar-refractivity contribution in [2.24, 2.45) is 0 Å². The molecule has 17 heavy (non-hydrogen) atoms. The third kappa shape index (κ3) is 2.99. The van der Waals surface area contributed by atoms with Gasteiger partial charge in [0.25, 0.3) is 0 Å². The molecule has 92 valence electrons. The van der Waals surface area contributed by atoms with Crippen LogP contribution < -0.4 is 5.32 Å². The van der Waals surface area contributed by atoms with Gasteiger partial charge in [-0.05, 0) is 51.5 Å². The summed E-state index contributed by atoms with van der Waals surface area (Å²) >= 11 is 1.86. The van der Waals surface area contributed by atoms with Crippen molar-refractivity contribution in [2.45, 2.75) is 40.3 Å². The molecule has 0 aliphatic heterocycles. The molecule has 0 saturated heterocycles. The highest BCUT2D eigenvalue weighted by Crippen LogP contribution is 2.22. The Morgan fingerprint density at radius 2 is 2.06 bits per heavy atom. The van der Waals surface area contributed by atoms with Crippen molar-refractivity contribution in [1.29, 1.82) is 0 Å². The van der Waals surface area contributed by atoms with Gasteiger partial charge in [0.15, 0.2) is 0 Å². The molecule has 2 rings (SSSR count). The van der Waals surface area contributed by atoms with E-state index >= 15 is 0 Å². The van der Waals surface area contributed by atoms with Gasteiger partial charge in [0.05, 0.1) is 6.04 Å². The first-order chi connectivity index (χ1) is 8.06. The van der Waals surface area contributed by atoms with E-state index in [1.807, 2.05) is 30.4 Å². The van der Waals surface area contributed by atoms with E-state index in [4.69, 9.17) is 4.42 Å². The predicted octanol–water partition coefficient (Wildman–Crippen LogP) is 4.12. The lowest BCUT2D eigenvalue weighted by Crippen LogP contribution is -2.16. The van der Waals surface area contributed by atoms with Crippen LogP contribution in [0, 0.1) is 20.8 Å². The van der Waals surface area contributed by atoms with Gasteiger partial charge in [0.1, 0.15) is 11.5 Å². The SMILES string of the molecule is Cc1ccc(C(C)NCc2cc(C)c(C)s2)o1. The summed E-state index contributed by atoms with van der Waals surface area (Å²) in [5, 5.41) is 3.49. The zero-order valence-electron chi connectivity index (χ0n) is 10.8. The van der Waals surface area contributed by atoms with Crippen molar-refractivity contribution >= 4 is 11.3 Å². The molecule has 0 saturated carbocycles. The molecule has 0 aromatic carbocycles. The summed E-state index contributed by atoms with van der Waals surface area (Å²) in [6, 6.07) is 6.56. The van der Waals surface area contributed by atoms with Gasteiger partial charge >= 0.3 is 0 Å². The highest BCUT2D eigenvalue weighted by molar-refractivity contribution is 7.12. The molecule has 1 N–H and O–H groups in total. The van der Waals surface area contributed by atoms with E-state index in [9.17, 15) is 0 Å². The van der Waals surface area contributed by atoms with Crippen LogP contribution in [0.2, 0.25) is 0 Å². The molecule has 0 fully saturated rings. The topological polar surface area (TPSA) is 25.2 Å². The highest BCUT2D eigenvalue weighted by Gasteiger charge is 2.09. The molecule has 3 heteroatoms. The molecule has 0 spiro atoms. The van der Waals surface area contributed by atoms with Crippen molar-refractivity contribution < 1.29 is 4.42 Å². The number of aryl methyl sites for hydroxylation is 3. The highest BCUT2D eigenvalue weighted by atomic mass is 32.1. The van der Waals surface area contributed by atoms with Gasteiger partial charge in [-0.15, -0.1) is 11.3 Å². The smallest absolute Gasteiger partial charge is 0.120 e. The van der Waals surface area contributed by atoms with E-state index in [2.05, 4.69) is 32.2 Å². The Labute approximate surface area is 107 Å². The van der Waals surface area contributed by atoms with Crippen LogP contribution in [0.3, 0.4) is 0 Å². The van der Waals surface area contributed by atoms with Gasteiger partial charge < -0.3 is 9.73 Å². The minimum Gasteiger partial charge on any atom is -0.465 e. The Morgan fingerprint density at radius 1 is 1.29 bits per heavy atom. The van der Waals surface area contributed by atoms with Crippen LogP contribution in [-0.4, -0.2) is 0 Å². The monoisotopic (exact) mass is 249 g/mol. The minimum absolute atomic E-state index is 0.256. The second-order valence-corrected chi connectivity index (χ2v) is 5.84. The third-order valence-corrected chi connectivity index (χ3v) is 4.14. The van der Waals surface area contributed by atoms with Crippen LogP contribution >= 0.6 is 11.3 Å². The number of rotatable bonds is 4. The molecule has 0 amide bonds. The quantitative estimate of drug-likeness (QED) is 0.882. The first kappa shape index (κ1) is 12.4. The summed E-state index contributed by atoms with van der Waals surface area (Å²) < 4.78 is 5.60. The number of furan rings is 1. The first-order valence-corrected chi connectivity index (χ1v) is 6.73. The molecule has 2 aromatic heterocycles. The number of nitrogens with one attached hydrogen (secondary N) is 1. The molecular formula is C14H19NOS. The molecule has 0 radical (unpaired) electrons. The maximum absolute atomic E-state index is 5.60. The van der Waals surface area contributed by atoms with Gasteiger partial charge in [-0.1, -0.05) is 0 Å². The minimum atomic E-state index is 0.256. The second kappa shape index (κ2) is 5.07. The number of thiophene rings is 1. The van der Waals surface area contributed by atoms with Gasteiger partial charge in [-0.2, -0.15) is 0 Å². The van der Waals surface area contributed by atoms with Crippen LogP contribution in [0.15, 0.2) is 22.6 Å². The summed E-state index contributed by atoms with van der Waals surface area (Å²) in [6.07, 6.45) is 0. The van der Waals surface area contributed by atoms with Crippen LogP contribution in [0.25, 0.3) is 0 Å².